The molecule has 2 N–H and O–H groups in total. The quantitative estimate of drug-likeness (QED) is 0.450. The van der Waals surface area contributed by atoms with Gasteiger partial charge in [-0.3, -0.25) is 9.59 Å². The molecule has 0 atom stereocenters. The first-order valence-electron chi connectivity index (χ1n) is 10.8. The van der Waals surface area contributed by atoms with Gasteiger partial charge in [0, 0.05) is 25.4 Å². The van der Waals surface area contributed by atoms with Gasteiger partial charge in [0.2, 0.25) is 15.6 Å². The van der Waals surface area contributed by atoms with Gasteiger partial charge < -0.3 is 19.8 Å². The number of hydrogen-bond donors (Lipinski definition) is 2. The van der Waals surface area contributed by atoms with Crippen LogP contribution in [0.3, 0.4) is 0 Å². The van der Waals surface area contributed by atoms with Crippen molar-refractivity contribution in [1.82, 2.24) is 9.29 Å². The lowest BCUT2D eigenvalue weighted by molar-refractivity contribution is 0.102. The molecule has 9 nitrogen and oxygen atoms in total. The number of aromatic nitrogens is 1. The number of ether oxygens (including phenoxy) is 2. The molecular formula is C24H27N3O6S. The number of carbonyl (C=O) groups excluding carboxylic acids is 1. The minimum atomic E-state index is -3.77. The molecule has 3 aromatic rings. The summed E-state index contributed by atoms with van der Waals surface area (Å²) in [5.41, 5.74) is 0.0188. The van der Waals surface area contributed by atoms with E-state index in [1.165, 1.54) is 40.8 Å². The molecule has 10 heteroatoms. The maximum Gasteiger partial charge on any atom is 0.257 e. The molecule has 3 rings (SSSR count). The average molecular weight is 486 g/mol. The molecule has 0 saturated carbocycles. The van der Waals surface area contributed by atoms with Crippen molar-refractivity contribution in [2.75, 3.05) is 25.0 Å². The fourth-order valence-electron chi connectivity index (χ4n) is 3.21. The zero-order valence-electron chi connectivity index (χ0n) is 19.2. The molecule has 180 valence electrons. The second-order valence-corrected chi connectivity index (χ2v) is 9.09. The van der Waals surface area contributed by atoms with Crippen LogP contribution in [-0.4, -0.2) is 43.3 Å². The molecule has 0 unspecified atom stereocenters. The van der Waals surface area contributed by atoms with E-state index in [1.54, 1.807) is 38.1 Å². The van der Waals surface area contributed by atoms with Crippen LogP contribution in [0.15, 0.2) is 70.5 Å². The molecule has 2 aromatic carbocycles. The predicted molar refractivity (Wildman–Crippen MR) is 129 cm³/mol. The molecule has 34 heavy (non-hydrogen) atoms. The third-order valence-electron chi connectivity index (χ3n) is 4.95. The molecular weight excluding hydrogens is 458 g/mol. The van der Waals surface area contributed by atoms with Crippen LogP contribution in [0.1, 0.15) is 31.1 Å². The Morgan fingerprint density at radius 3 is 2.24 bits per heavy atom. The fourth-order valence-corrected chi connectivity index (χ4v) is 4.70. The summed E-state index contributed by atoms with van der Waals surface area (Å²) in [6.45, 7) is 6.54. The Morgan fingerprint density at radius 2 is 1.65 bits per heavy atom. The Labute approximate surface area is 198 Å². The van der Waals surface area contributed by atoms with Crippen molar-refractivity contribution in [3.05, 3.63) is 76.7 Å². The van der Waals surface area contributed by atoms with Crippen LogP contribution >= 0.6 is 0 Å². The summed E-state index contributed by atoms with van der Waals surface area (Å²) in [7, 11) is -3.77. The summed E-state index contributed by atoms with van der Waals surface area (Å²) in [6, 6.07) is 13.8. The lowest BCUT2D eigenvalue weighted by atomic mass is 10.2. The number of aromatic amines is 1. The molecule has 1 heterocycles. The van der Waals surface area contributed by atoms with Crippen LogP contribution < -0.4 is 20.3 Å². The Balaban J connectivity index is 1.99. The van der Waals surface area contributed by atoms with Crippen molar-refractivity contribution >= 4 is 21.6 Å². The number of benzene rings is 2. The zero-order valence-corrected chi connectivity index (χ0v) is 20.0. The monoisotopic (exact) mass is 485 g/mol. The largest absolute Gasteiger partial charge is 0.494 e. The number of H-pyrrole nitrogens is 1. The van der Waals surface area contributed by atoms with Crippen molar-refractivity contribution in [3.8, 4) is 17.2 Å². The minimum absolute atomic E-state index is 0.0204. The number of nitrogens with one attached hydrogen (secondary N) is 2. The highest BCUT2D eigenvalue weighted by atomic mass is 32.2. The Morgan fingerprint density at radius 1 is 0.971 bits per heavy atom. The van der Waals surface area contributed by atoms with Crippen molar-refractivity contribution in [2.24, 2.45) is 0 Å². The van der Waals surface area contributed by atoms with E-state index in [9.17, 15) is 18.0 Å². The van der Waals surface area contributed by atoms with E-state index in [0.29, 0.717) is 31.2 Å². The van der Waals surface area contributed by atoms with Gasteiger partial charge in [0.25, 0.3) is 5.91 Å². The summed E-state index contributed by atoms with van der Waals surface area (Å²) >= 11 is 0. The second-order valence-electron chi connectivity index (χ2n) is 7.15. The fraction of sp³-hybridized carbons (Fsp3) is 0.250. The topological polar surface area (TPSA) is 118 Å². The van der Waals surface area contributed by atoms with Gasteiger partial charge in [-0.25, -0.2) is 8.42 Å². The summed E-state index contributed by atoms with van der Waals surface area (Å²) in [5.74, 6) is 0.870. The van der Waals surface area contributed by atoms with Crippen LogP contribution in [0.5, 0.6) is 17.2 Å². The van der Waals surface area contributed by atoms with Gasteiger partial charge in [0.15, 0.2) is 5.75 Å². The highest BCUT2D eigenvalue weighted by Gasteiger charge is 2.24. The van der Waals surface area contributed by atoms with Gasteiger partial charge >= 0.3 is 0 Å². The third-order valence-corrected chi connectivity index (χ3v) is 7.00. The van der Waals surface area contributed by atoms with E-state index < -0.39 is 15.9 Å². The molecule has 1 aromatic heterocycles. The molecule has 0 radical (unpaired) electrons. The van der Waals surface area contributed by atoms with E-state index in [2.05, 4.69) is 10.3 Å². The van der Waals surface area contributed by atoms with Crippen LogP contribution in [0.2, 0.25) is 0 Å². The Bertz CT molecular complexity index is 1280. The number of carbonyl (C=O) groups is 1. The highest BCUT2D eigenvalue weighted by Crippen LogP contribution is 2.33. The number of nitrogens with zero attached hydrogens (tertiary/aromatic N) is 1. The van der Waals surface area contributed by atoms with Crippen LogP contribution in [0.25, 0.3) is 0 Å². The molecule has 0 spiro atoms. The van der Waals surface area contributed by atoms with Crippen molar-refractivity contribution in [3.63, 3.8) is 0 Å². The Kier molecular flexibility index (Phi) is 8.08. The minimum Gasteiger partial charge on any atom is -0.494 e. The van der Waals surface area contributed by atoms with Gasteiger partial charge in [-0.05, 0) is 55.5 Å². The first-order valence-corrected chi connectivity index (χ1v) is 12.3. The molecule has 1 amide bonds. The van der Waals surface area contributed by atoms with Gasteiger partial charge in [-0.2, -0.15) is 4.31 Å². The highest BCUT2D eigenvalue weighted by molar-refractivity contribution is 7.89. The number of rotatable bonds is 10. The predicted octanol–water partition coefficient (Wildman–Crippen LogP) is 3.85. The van der Waals surface area contributed by atoms with E-state index in [0.717, 1.165) is 0 Å². The van der Waals surface area contributed by atoms with Gasteiger partial charge in [-0.15, -0.1) is 0 Å². The lowest BCUT2D eigenvalue weighted by Crippen LogP contribution is -2.30. The first kappa shape index (κ1) is 25.0. The van der Waals surface area contributed by atoms with Crippen molar-refractivity contribution in [2.45, 2.75) is 25.7 Å². The van der Waals surface area contributed by atoms with E-state index >= 15 is 0 Å². The summed E-state index contributed by atoms with van der Waals surface area (Å²) in [4.78, 5) is 26.6. The number of anilines is 1. The molecule has 0 fully saturated rings. The van der Waals surface area contributed by atoms with Crippen LogP contribution in [0.4, 0.5) is 5.69 Å². The number of sulfonamides is 1. The number of pyridine rings is 1. The first-order chi connectivity index (χ1) is 16.3. The van der Waals surface area contributed by atoms with E-state index in [1.807, 2.05) is 6.92 Å². The van der Waals surface area contributed by atoms with Crippen LogP contribution in [-0.2, 0) is 10.0 Å². The van der Waals surface area contributed by atoms with Crippen molar-refractivity contribution < 1.29 is 22.7 Å². The van der Waals surface area contributed by atoms with E-state index in [-0.39, 0.29) is 27.5 Å². The van der Waals surface area contributed by atoms with Gasteiger partial charge in [0.05, 0.1) is 22.8 Å². The summed E-state index contributed by atoms with van der Waals surface area (Å²) in [6.07, 6.45) is 1.28. The maximum atomic E-state index is 13.0. The molecule has 0 aliphatic heterocycles. The molecule has 0 bridgehead atoms. The number of amides is 1. The lowest BCUT2D eigenvalue weighted by Gasteiger charge is -2.20. The van der Waals surface area contributed by atoms with Gasteiger partial charge in [0.1, 0.15) is 11.5 Å². The smallest absolute Gasteiger partial charge is 0.257 e. The SMILES string of the molecule is CCOc1ccc(Oc2ccc(S(=O)(=O)N(CC)CC)cc2NC(=O)c2ccc(=O)[nH]c2)cc1. The number of hydrogen-bond acceptors (Lipinski definition) is 6. The summed E-state index contributed by atoms with van der Waals surface area (Å²) in [5, 5.41) is 2.69. The van der Waals surface area contributed by atoms with Gasteiger partial charge in [-0.1, -0.05) is 13.8 Å². The zero-order chi connectivity index (χ0) is 24.7. The molecule has 0 aliphatic carbocycles. The van der Waals surface area contributed by atoms with Crippen LogP contribution in [0, 0.1) is 0 Å². The normalized spacial score (nSPS) is 11.3. The second kappa shape index (κ2) is 11.0. The average Bonchev–Trinajstić information content (AvgIpc) is 2.82. The summed E-state index contributed by atoms with van der Waals surface area (Å²) < 4.78 is 38.8. The van der Waals surface area contributed by atoms with Crippen molar-refractivity contribution in [1.29, 1.82) is 0 Å². The third kappa shape index (κ3) is 5.83. The standard InChI is InChI=1S/C24H27N3O6S/c1-4-27(5-2)34(30,31)20-12-13-22(33-19-10-8-18(9-11-19)32-6-3)21(15-20)26-24(29)17-7-14-23(28)25-16-17/h7-16H,4-6H2,1-3H3,(H,25,28)(H,26,29). The Hall–Kier alpha value is -3.63. The van der Waals surface area contributed by atoms with E-state index in [4.69, 9.17) is 9.47 Å². The molecule has 0 saturated heterocycles. The molecule has 0 aliphatic rings. The maximum absolute atomic E-state index is 13.0.